The first-order valence-electron chi connectivity index (χ1n) is 35.4. The summed E-state index contributed by atoms with van der Waals surface area (Å²) in [6.07, 6.45) is 21.6. The van der Waals surface area contributed by atoms with E-state index in [0.29, 0.717) is 6.42 Å². The van der Waals surface area contributed by atoms with Gasteiger partial charge in [-0.1, -0.05) is 315 Å². The number of carbonyl (C=O) groups excluding carboxylic acids is 1. The molecule has 2 aromatic heterocycles. The summed E-state index contributed by atoms with van der Waals surface area (Å²) >= 11 is 0. The van der Waals surface area contributed by atoms with E-state index >= 15 is 0 Å². The lowest BCUT2D eigenvalue weighted by Gasteiger charge is -2.39. The van der Waals surface area contributed by atoms with Crippen molar-refractivity contribution in [3.05, 3.63) is 401 Å². The summed E-state index contributed by atoms with van der Waals surface area (Å²) in [5, 5.41) is 14.9. The number of nitrogens with one attached hydrogen (secondary N) is 1. The molecule has 0 spiro atoms. The van der Waals surface area contributed by atoms with Crippen LogP contribution in [0, 0.1) is 5.92 Å². The second kappa shape index (κ2) is 34.2. The van der Waals surface area contributed by atoms with Crippen molar-refractivity contribution in [1.29, 1.82) is 0 Å². The van der Waals surface area contributed by atoms with Crippen molar-refractivity contribution in [3.8, 4) is 0 Å². The maximum Gasteiger partial charge on any atom is 0.121 e. The number of hydrogen-bond acceptors (Lipinski definition) is 6. The van der Waals surface area contributed by atoms with E-state index < -0.39 is 16.7 Å². The van der Waals surface area contributed by atoms with Gasteiger partial charge in [-0.3, -0.25) is 0 Å². The number of aromatic nitrogens is 4. The van der Waals surface area contributed by atoms with E-state index in [4.69, 9.17) is 9.97 Å². The maximum atomic E-state index is 11.6. The molecule has 0 radical (unpaired) electrons. The minimum absolute atomic E-state index is 0.258. The third-order valence-corrected chi connectivity index (χ3v) is 19.9. The number of piperidine rings is 2. The first-order valence-corrected chi connectivity index (χ1v) is 35.4. The number of aryl methyl sites for hydroxylation is 2. The predicted molar refractivity (Wildman–Crippen MR) is 401 cm³/mol. The summed E-state index contributed by atoms with van der Waals surface area (Å²) in [6.45, 7) is 5.42. The number of benzene rings is 10. The van der Waals surface area contributed by atoms with Gasteiger partial charge in [0.2, 0.25) is 0 Å². The summed E-state index contributed by atoms with van der Waals surface area (Å²) in [7, 11) is 0. The lowest BCUT2D eigenvalue weighted by molar-refractivity contribution is -0.107. The molecule has 2 saturated heterocycles. The normalized spacial score (nSPS) is 13.7. The van der Waals surface area contributed by atoms with Gasteiger partial charge in [0.05, 0.1) is 24.0 Å². The Hall–Kier alpha value is -10.1. The van der Waals surface area contributed by atoms with E-state index in [1.807, 2.05) is 73.3 Å². The predicted octanol–water partition coefficient (Wildman–Crippen LogP) is 18.6. The zero-order chi connectivity index (χ0) is 66.9. The van der Waals surface area contributed by atoms with Gasteiger partial charge in [0, 0.05) is 31.9 Å². The van der Waals surface area contributed by atoms with Gasteiger partial charge in [0.1, 0.15) is 23.0 Å². The summed E-state index contributed by atoms with van der Waals surface area (Å²) in [5.41, 5.74) is 15.2. The van der Waals surface area contributed by atoms with Crippen LogP contribution in [0.5, 0.6) is 0 Å². The van der Waals surface area contributed by atoms with E-state index in [0.717, 1.165) is 113 Å². The molecule has 4 heterocycles. The highest BCUT2D eigenvalue weighted by atomic mass is 16.3. The third-order valence-electron chi connectivity index (χ3n) is 19.9. The number of aldehydes is 1. The van der Waals surface area contributed by atoms with Gasteiger partial charge in [-0.15, -0.1) is 0 Å². The van der Waals surface area contributed by atoms with Gasteiger partial charge in [0.15, 0.2) is 0 Å². The molecule has 8 heteroatoms. The molecule has 2 aliphatic rings. The molecule has 0 atom stereocenters. The summed E-state index contributed by atoms with van der Waals surface area (Å²) < 4.78 is 4.57. The van der Waals surface area contributed by atoms with E-state index in [-0.39, 0.29) is 5.92 Å². The Morgan fingerprint density at radius 3 is 1.06 bits per heavy atom. The Bertz CT molecular complexity index is 4010. The summed E-state index contributed by atoms with van der Waals surface area (Å²) in [4.78, 5) is 23.0. The Labute approximate surface area is 581 Å². The fourth-order valence-corrected chi connectivity index (χ4v) is 15.0. The second-order valence-electron chi connectivity index (χ2n) is 26.0. The van der Waals surface area contributed by atoms with E-state index in [1.54, 1.807) is 5.57 Å². The van der Waals surface area contributed by atoms with Crippen molar-refractivity contribution >= 4 is 11.9 Å². The molecule has 98 heavy (non-hydrogen) atoms. The fraction of sp³-hybridized carbons (Fsp3) is 0.233. The molecule has 0 unspecified atom stereocenters. The molecule has 12 aromatic rings. The van der Waals surface area contributed by atoms with Crippen molar-refractivity contribution < 1.29 is 9.90 Å². The minimum Gasteiger partial charge on any atom is -0.380 e. The van der Waals surface area contributed by atoms with Crippen LogP contribution in [0.4, 0.5) is 0 Å². The first-order chi connectivity index (χ1) is 48.5. The molecule has 2 N–H and O–H groups in total. The van der Waals surface area contributed by atoms with Crippen molar-refractivity contribution in [2.75, 3.05) is 32.7 Å². The topological polar surface area (TPSA) is 88.2 Å². The Kier molecular flexibility index (Phi) is 23.7. The van der Waals surface area contributed by atoms with Crippen molar-refractivity contribution in [2.45, 2.75) is 93.7 Å². The number of imidazole rings is 2. The number of aliphatic hydroxyl groups is 1. The molecule has 10 aromatic carbocycles. The highest BCUT2D eigenvalue weighted by Crippen LogP contribution is 2.44. The molecule has 2 aliphatic heterocycles. The summed E-state index contributed by atoms with van der Waals surface area (Å²) in [5.74, 6) is 0.258. The molecule has 0 aliphatic carbocycles. The number of hydrogen-bond donors (Lipinski definition) is 2. The lowest BCUT2D eigenvalue weighted by atomic mass is 9.72. The zero-order valence-electron chi connectivity index (χ0n) is 56.4. The van der Waals surface area contributed by atoms with Crippen LogP contribution in [0.25, 0.3) is 5.57 Å². The molecule has 8 nitrogen and oxygen atoms in total. The van der Waals surface area contributed by atoms with Crippen LogP contribution in [-0.2, 0) is 34.3 Å². The molecule has 494 valence electrons. The molecule has 0 amide bonds. The average Bonchev–Trinajstić information content (AvgIpc) is 1.32. The van der Waals surface area contributed by atoms with Crippen LogP contribution in [0.3, 0.4) is 0 Å². The summed E-state index contributed by atoms with van der Waals surface area (Å²) in [6, 6.07) is 106. The molecule has 14 rings (SSSR count). The van der Waals surface area contributed by atoms with Crippen molar-refractivity contribution in [2.24, 2.45) is 5.92 Å². The van der Waals surface area contributed by atoms with Crippen LogP contribution in [-0.4, -0.2) is 68.1 Å². The second-order valence-corrected chi connectivity index (χ2v) is 26.0. The van der Waals surface area contributed by atoms with E-state index in [1.165, 1.54) is 69.5 Å². The van der Waals surface area contributed by atoms with Crippen LogP contribution >= 0.6 is 0 Å². The van der Waals surface area contributed by atoms with Gasteiger partial charge in [0.25, 0.3) is 0 Å². The highest BCUT2D eigenvalue weighted by Gasteiger charge is 2.42. The monoisotopic (exact) mass is 1290 g/mol. The van der Waals surface area contributed by atoms with E-state index in [2.05, 4.69) is 274 Å². The average molecular weight is 1290 g/mol. The minimum atomic E-state index is -0.884. The Morgan fingerprint density at radius 1 is 0.408 bits per heavy atom. The van der Waals surface area contributed by atoms with Crippen LogP contribution < -0.4 is 5.32 Å². The van der Waals surface area contributed by atoms with Gasteiger partial charge < -0.3 is 29.3 Å². The molecule has 0 bridgehead atoms. The Morgan fingerprint density at radius 2 is 0.724 bits per heavy atom. The zero-order valence-corrected chi connectivity index (χ0v) is 56.4. The van der Waals surface area contributed by atoms with Crippen LogP contribution in [0.2, 0.25) is 0 Å². The number of rotatable bonds is 24. The molecule has 0 saturated carbocycles. The molecular formula is C90H92N6O2. The van der Waals surface area contributed by atoms with Gasteiger partial charge in [-0.2, -0.15) is 0 Å². The highest BCUT2D eigenvalue weighted by molar-refractivity contribution is 5.82. The molecular weight excluding hydrogens is 1200 g/mol. The smallest absolute Gasteiger partial charge is 0.121 e. The van der Waals surface area contributed by atoms with Crippen LogP contribution in [0.15, 0.2) is 334 Å². The van der Waals surface area contributed by atoms with Crippen molar-refractivity contribution in [3.63, 3.8) is 0 Å². The lowest BCUT2D eigenvalue weighted by Crippen LogP contribution is -2.42. The van der Waals surface area contributed by atoms with Crippen LogP contribution in [0.1, 0.15) is 131 Å². The van der Waals surface area contributed by atoms with Gasteiger partial charge >= 0.3 is 0 Å². The number of likely N-dealkylation sites (tertiary alicyclic amines) is 1. The standard InChI is InChI=1S/C45H45N3.C27H26N2O.C18H21NO/c1-7-19-37(20-8-1)44(38-21-9-2-10-22-38)39-30-33-47(34-31-39)32-18-6-17-29-43-35-48(36-46-43)45(40-23-11-3-12-24-40,41-25-13-4-14-26-41)42-27-15-5-16-28-42;30-20-12-4-11-19-26-21-29(22-28-26)27(23-13-5-1-6-14-23,24-15-7-2-8-16-24)25-17-9-3-10-18-25;20-18(15-7-3-1-4-8-15,16-9-5-2-6-10-16)17-11-13-19-14-12-17/h1-5,7-16,19-28,35-36H,6,17-18,29-34H2;1-3,5-10,13-18,20-22H,4,11-12,19H2;1-10,17,19-20H,11-14H2. The Balaban J connectivity index is 0.000000155. The molecule has 2 fully saturated rings. The first kappa shape index (κ1) is 67.9. The van der Waals surface area contributed by atoms with E-state index in [9.17, 15) is 9.90 Å². The number of unbranched alkanes of at least 4 members (excludes halogenated alkanes) is 4. The third kappa shape index (κ3) is 15.8. The maximum absolute atomic E-state index is 11.6. The number of nitrogens with zero attached hydrogens (tertiary/aromatic N) is 5. The van der Waals surface area contributed by atoms with Gasteiger partial charge in [-0.05, 0) is 151 Å². The fourth-order valence-electron chi connectivity index (χ4n) is 15.0. The largest absolute Gasteiger partial charge is 0.380 e. The number of carbonyl (C=O) groups is 1. The SMILES string of the molecule is O=CCCCCc1cn(C(c2ccccc2)(c2ccccc2)c2ccccc2)cn1.OC(c1ccccc1)(c1ccccc1)C1CCNCC1.c1ccc(C(=C2CCN(CCCCCc3cn(C(c4ccccc4)(c4ccccc4)c4ccccc4)cn3)CC2)c2ccccc2)cc1. The van der Waals surface area contributed by atoms with Gasteiger partial charge in [-0.25, -0.2) is 9.97 Å². The van der Waals surface area contributed by atoms with Crippen molar-refractivity contribution in [1.82, 2.24) is 29.3 Å². The quantitative estimate of drug-likeness (QED) is 0.0356.